The van der Waals surface area contributed by atoms with E-state index in [1.165, 1.54) is 103 Å². The molecule has 0 atom stereocenters. The molecule has 0 bridgehead atoms. The van der Waals surface area contributed by atoms with Gasteiger partial charge in [-0.25, -0.2) is 0 Å². The minimum absolute atomic E-state index is 1.19. The molecule has 0 fully saturated rings. The minimum atomic E-state index is 1.19. The number of unbranched alkanes of at least 4 members (excludes halogenated alkanes) is 6. The molecule has 33 heavy (non-hydrogen) atoms. The average Bonchev–Trinajstić information content (AvgIpc) is 3.60. The van der Waals surface area contributed by atoms with Gasteiger partial charge >= 0.3 is 0 Å². The molecule has 0 radical (unpaired) electrons. The Morgan fingerprint density at radius 3 is 1.73 bits per heavy atom. The first-order valence-corrected chi connectivity index (χ1v) is 16.4. The van der Waals surface area contributed by atoms with Gasteiger partial charge in [-0.05, 0) is 88.5 Å². The smallest absolute Gasteiger partial charge is 0.0705 e. The van der Waals surface area contributed by atoms with Gasteiger partial charge in [-0.2, -0.15) is 0 Å². The summed E-state index contributed by atoms with van der Waals surface area (Å²) in [6, 6.07) is 14.0. The molecule has 0 spiro atoms. The summed E-state index contributed by atoms with van der Waals surface area (Å²) in [6.07, 6.45) is 12.9. The summed E-state index contributed by atoms with van der Waals surface area (Å²) >= 11 is 11.4. The molecule has 0 saturated carbocycles. The SMILES string of the molecule is CCCCCCc1cc(-c2cc(CCCCCC)c(-c3ccc(Br)s3)s2)sc1-c1cccs1. The standard InChI is InChI=1S/C28H33BrS4/c1-3-5-7-9-12-20-18-24(32-27(20)22-14-11-17-30-22)25-19-21(13-10-8-6-4-2)28(33-25)23-15-16-26(29)31-23/h11,14-19H,3-10,12-13H2,1-2H3. The Kier molecular flexibility index (Phi) is 9.87. The third kappa shape index (κ3) is 6.70. The molecular weight excluding hydrogens is 544 g/mol. The lowest BCUT2D eigenvalue weighted by Gasteiger charge is -2.01. The predicted molar refractivity (Wildman–Crippen MR) is 158 cm³/mol. The van der Waals surface area contributed by atoms with E-state index in [0.717, 1.165) is 0 Å². The first-order valence-electron chi connectivity index (χ1n) is 12.2. The topological polar surface area (TPSA) is 0 Å². The van der Waals surface area contributed by atoms with Crippen LogP contribution in [0.5, 0.6) is 0 Å². The first-order chi connectivity index (χ1) is 16.2. The van der Waals surface area contributed by atoms with Crippen LogP contribution in [0.1, 0.15) is 76.3 Å². The van der Waals surface area contributed by atoms with Crippen LogP contribution in [0.15, 0.2) is 45.6 Å². The molecule has 0 aliphatic carbocycles. The maximum Gasteiger partial charge on any atom is 0.0705 e. The molecule has 0 aliphatic heterocycles. The Balaban J connectivity index is 1.65. The Hall–Kier alpha value is -0.720. The Morgan fingerprint density at radius 1 is 0.636 bits per heavy atom. The van der Waals surface area contributed by atoms with Gasteiger partial charge in [-0.3, -0.25) is 0 Å². The lowest BCUT2D eigenvalue weighted by molar-refractivity contribution is 0.668. The molecule has 0 aliphatic rings. The minimum Gasteiger partial charge on any atom is -0.143 e. The second-order valence-electron chi connectivity index (χ2n) is 8.63. The van der Waals surface area contributed by atoms with Crippen LogP contribution in [-0.2, 0) is 12.8 Å². The number of halogens is 1. The Bertz CT molecular complexity index is 1110. The van der Waals surface area contributed by atoms with E-state index in [9.17, 15) is 0 Å². The summed E-state index contributed by atoms with van der Waals surface area (Å²) in [5, 5.41) is 2.21. The van der Waals surface area contributed by atoms with Gasteiger partial charge in [0.25, 0.3) is 0 Å². The van der Waals surface area contributed by atoms with E-state index in [-0.39, 0.29) is 0 Å². The van der Waals surface area contributed by atoms with Gasteiger partial charge < -0.3 is 0 Å². The fraction of sp³-hybridized carbons (Fsp3) is 0.429. The maximum atomic E-state index is 3.68. The van der Waals surface area contributed by atoms with Crippen molar-refractivity contribution in [3.8, 4) is 29.3 Å². The van der Waals surface area contributed by atoms with Crippen molar-refractivity contribution in [1.82, 2.24) is 0 Å². The fourth-order valence-electron chi connectivity index (χ4n) is 4.22. The molecule has 0 nitrogen and oxygen atoms in total. The second-order valence-corrected chi connectivity index (χ2v) is 14.1. The Morgan fingerprint density at radius 2 is 1.24 bits per heavy atom. The van der Waals surface area contributed by atoms with Crippen LogP contribution in [0.2, 0.25) is 0 Å². The van der Waals surface area contributed by atoms with Crippen LogP contribution in [0.3, 0.4) is 0 Å². The molecule has 0 aromatic carbocycles. The third-order valence-electron chi connectivity index (χ3n) is 6.00. The number of hydrogen-bond donors (Lipinski definition) is 0. The average molecular weight is 578 g/mol. The van der Waals surface area contributed by atoms with Crippen molar-refractivity contribution in [3.05, 3.63) is 56.7 Å². The van der Waals surface area contributed by atoms with Crippen molar-refractivity contribution in [1.29, 1.82) is 0 Å². The molecule has 4 heterocycles. The molecule has 4 aromatic rings. The molecule has 0 unspecified atom stereocenters. The van der Waals surface area contributed by atoms with Gasteiger partial charge in [0.2, 0.25) is 0 Å². The second kappa shape index (κ2) is 12.8. The quantitative estimate of drug-likeness (QED) is 0.139. The van der Waals surface area contributed by atoms with Crippen LogP contribution in [0.4, 0.5) is 0 Å². The van der Waals surface area contributed by atoms with E-state index < -0.39 is 0 Å². The zero-order valence-corrected chi connectivity index (χ0v) is 24.5. The summed E-state index contributed by atoms with van der Waals surface area (Å²) in [7, 11) is 0. The van der Waals surface area contributed by atoms with Gasteiger partial charge in [0.05, 0.1) is 3.79 Å². The van der Waals surface area contributed by atoms with E-state index in [4.69, 9.17) is 0 Å². The fourth-order valence-corrected chi connectivity index (χ4v) is 9.13. The zero-order valence-electron chi connectivity index (χ0n) is 19.6. The molecule has 0 amide bonds. The van der Waals surface area contributed by atoms with E-state index in [1.54, 1.807) is 5.56 Å². The largest absolute Gasteiger partial charge is 0.143 e. The summed E-state index contributed by atoms with van der Waals surface area (Å²) in [5.74, 6) is 0. The summed E-state index contributed by atoms with van der Waals surface area (Å²) in [6.45, 7) is 4.58. The monoisotopic (exact) mass is 576 g/mol. The van der Waals surface area contributed by atoms with E-state index in [2.05, 4.69) is 71.6 Å². The molecule has 176 valence electrons. The molecule has 4 aromatic heterocycles. The third-order valence-corrected chi connectivity index (χ3v) is 11.4. The van der Waals surface area contributed by atoms with E-state index >= 15 is 0 Å². The number of thiophene rings is 4. The normalized spacial score (nSPS) is 11.5. The lowest BCUT2D eigenvalue weighted by atomic mass is 10.0. The van der Waals surface area contributed by atoms with Crippen molar-refractivity contribution in [2.75, 3.05) is 0 Å². The zero-order chi connectivity index (χ0) is 23.0. The van der Waals surface area contributed by atoms with Crippen LogP contribution in [-0.4, -0.2) is 0 Å². The van der Waals surface area contributed by atoms with Crippen LogP contribution in [0, 0.1) is 0 Å². The number of hydrogen-bond acceptors (Lipinski definition) is 4. The highest BCUT2D eigenvalue weighted by Crippen LogP contribution is 2.47. The van der Waals surface area contributed by atoms with Crippen LogP contribution < -0.4 is 0 Å². The van der Waals surface area contributed by atoms with Crippen molar-refractivity contribution in [2.24, 2.45) is 0 Å². The summed E-state index contributed by atoms with van der Waals surface area (Å²) < 4.78 is 1.22. The first kappa shape index (κ1) is 25.4. The van der Waals surface area contributed by atoms with Gasteiger partial charge in [-0.1, -0.05) is 58.4 Å². The number of aryl methyl sites for hydroxylation is 2. The molecule has 4 rings (SSSR count). The van der Waals surface area contributed by atoms with Gasteiger partial charge in [0.1, 0.15) is 0 Å². The molecule has 5 heteroatoms. The highest BCUT2D eigenvalue weighted by molar-refractivity contribution is 9.11. The van der Waals surface area contributed by atoms with E-state index in [1.807, 2.05) is 45.3 Å². The van der Waals surface area contributed by atoms with Crippen molar-refractivity contribution >= 4 is 61.3 Å². The molecule has 0 N–H and O–H groups in total. The summed E-state index contributed by atoms with van der Waals surface area (Å²) in [4.78, 5) is 8.70. The van der Waals surface area contributed by atoms with Crippen LogP contribution >= 0.6 is 61.3 Å². The Labute approximate surface area is 223 Å². The van der Waals surface area contributed by atoms with Gasteiger partial charge in [0, 0.05) is 29.3 Å². The highest BCUT2D eigenvalue weighted by atomic mass is 79.9. The van der Waals surface area contributed by atoms with Crippen molar-refractivity contribution < 1.29 is 0 Å². The van der Waals surface area contributed by atoms with Gasteiger partial charge in [-0.15, -0.1) is 45.3 Å². The lowest BCUT2D eigenvalue weighted by Crippen LogP contribution is -1.85. The number of rotatable bonds is 13. The maximum absolute atomic E-state index is 3.68. The van der Waals surface area contributed by atoms with E-state index in [0.29, 0.717) is 0 Å². The van der Waals surface area contributed by atoms with Crippen LogP contribution in [0.25, 0.3) is 29.3 Å². The van der Waals surface area contributed by atoms with Crippen molar-refractivity contribution in [3.63, 3.8) is 0 Å². The molecular formula is C28H33BrS4. The highest BCUT2D eigenvalue weighted by Gasteiger charge is 2.18. The predicted octanol–water partition coefficient (Wildman–Crippen LogP) is 11.9. The molecule has 0 saturated heterocycles. The van der Waals surface area contributed by atoms with Gasteiger partial charge in [0.15, 0.2) is 0 Å². The van der Waals surface area contributed by atoms with Crippen molar-refractivity contribution in [2.45, 2.75) is 78.1 Å². The summed E-state index contributed by atoms with van der Waals surface area (Å²) in [5.41, 5.74) is 3.09.